The molecule has 1 aliphatic heterocycles. The van der Waals surface area contributed by atoms with Gasteiger partial charge in [0.05, 0.1) is 0 Å². The van der Waals surface area contributed by atoms with E-state index in [9.17, 15) is 4.79 Å². The van der Waals surface area contributed by atoms with Gasteiger partial charge in [0.1, 0.15) is 11.4 Å². The molecule has 0 saturated heterocycles. The first-order chi connectivity index (χ1) is 14.5. The highest BCUT2D eigenvalue weighted by molar-refractivity contribution is 7.99. The largest absolute Gasteiger partial charge is 0.484 e. The zero-order chi connectivity index (χ0) is 21.3. The van der Waals surface area contributed by atoms with Gasteiger partial charge in [-0.05, 0) is 30.0 Å². The quantitative estimate of drug-likeness (QED) is 0.542. The molecule has 0 unspecified atom stereocenters. The summed E-state index contributed by atoms with van der Waals surface area (Å²) in [4.78, 5) is 14.6. The summed E-state index contributed by atoms with van der Waals surface area (Å²) in [6, 6.07) is 6.98. The van der Waals surface area contributed by atoms with Gasteiger partial charge >= 0.3 is 0 Å². The van der Waals surface area contributed by atoms with Crippen molar-refractivity contribution in [3.05, 3.63) is 40.5 Å². The number of carbonyl (C=O) groups is 1. The molecule has 3 heterocycles. The molecular formula is C20H23ClN6O2S. The van der Waals surface area contributed by atoms with E-state index < -0.39 is 0 Å². The smallest absolute Gasteiger partial charge is 0.260 e. The summed E-state index contributed by atoms with van der Waals surface area (Å²) in [6.07, 6.45) is 0.736. The van der Waals surface area contributed by atoms with Crippen LogP contribution in [0.4, 0.5) is 0 Å². The highest BCUT2D eigenvalue weighted by Crippen LogP contribution is 2.30. The fourth-order valence-corrected chi connectivity index (χ4v) is 4.29. The molecule has 10 heteroatoms. The van der Waals surface area contributed by atoms with E-state index in [1.54, 1.807) is 36.0 Å². The summed E-state index contributed by atoms with van der Waals surface area (Å²) >= 11 is 7.53. The van der Waals surface area contributed by atoms with E-state index in [4.69, 9.17) is 21.4 Å². The number of fused-ring (bicyclic) bond motifs is 1. The lowest BCUT2D eigenvalue weighted by molar-refractivity contribution is -0.134. The number of aryl methyl sites for hydroxylation is 1. The number of halogens is 1. The van der Waals surface area contributed by atoms with Crippen molar-refractivity contribution in [2.45, 2.75) is 25.0 Å². The monoisotopic (exact) mass is 446 g/mol. The zero-order valence-corrected chi connectivity index (χ0v) is 18.7. The van der Waals surface area contributed by atoms with Gasteiger partial charge in [-0.25, -0.2) is 0 Å². The number of aromatic nitrogens is 5. The maximum atomic E-state index is 12.8. The number of hydrogen-bond acceptors (Lipinski definition) is 6. The van der Waals surface area contributed by atoms with Gasteiger partial charge in [-0.15, -0.1) is 10.2 Å². The van der Waals surface area contributed by atoms with E-state index in [2.05, 4.69) is 17.1 Å². The molecule has 158 valence electrons. The van der Waals surface area contributed by atoms with Crippen molar-refractivity contribution in [1.29, 1.82) is 0 Å². The van der Waals surface area contributed by atoms with Crippen LogP contribution >= 0.6 is 23.4 Å². The molecule has 0 fully saturated rings. The molecule has 0 radical (unpaired) electrons. The molecule has 0 aliphatic carbocycles. The maximum absolute atomic E-state index is 12.8. The lowest BCUT2D eigenvalue weighted by Crippen LogP contribution is -2.39. The Labute approximate surface area is 184 Å². The van der Waals surface area contributed by atoms with E-state index in [0.717, 1.165) is 40.1 Å². The molecule has 0 atom stereocenters. The number of ether oxygens (including phenoxy) is 1. The number of amides is 1. The van der Waals surface area contributed by atoms with E-state index in [1.807, 2.05) is 28.2 Å². The van der Waals surface area contributed by atoms with Gasteiger partial charge in [-0.3, -0.25) is 9.48 Å². The average Bonchev–Trinajstić information content (AvgIpc) is 3.27. The van der Waals surface area contributed by atoms with Crippen molar-refractivity contribution < 1.29 is 9.53 Å². The maximum Gasteiger partial charge on any atom is 0.260 e. The Morgan fingerprint density at radius 1 is 1.23 bits per heavy atom. The Kier molecular flexibility index (Phi) is 6.01. The molecule has 4 rings (SSSR count). The Balaban J connectivity index is 1.51. The van der Waals surface area contributed by atoms with Crippen molar-refractivity contribution >= 4 is 29.3 Å². The fraction of sp³-hybridized carbons (Fsp3) is 0.400. The molecule has 0 saturated carbocycles. The minimum atomic E-state index is -0.0643. The van der Waals surface area contributed by atoms with Crippen LogP contribution in [0.3, 0.4) is 0 Å². The molecule has 3 aromatic rings. The average molecular weight is 447 g/mol. The third-order valence-electron chi connectivity index (χ3n) is 5.09. The van der Waals surface area contributed by atoms with Crippen molar-refractivity contribution in [2.75, 3.05) is 18.9 Å². The summed E-state index contributed by atoms with van der Waals surface area (Å²) in [5.41, 5.74) is 2.93. The highest BCUT2D eigenvalue weighted by Gasteiger charge is 2.29. The third-order valence-corrected chi connectivity index (χ3v) is 6.25. The normalized spacial score (nSPS) is 13.4. The van der Waals surface area contributed by atoms with Crippen molar-refractivity contribution in [1.82, 2.24) is 29.4 Å². The number of nitrogens with zero attached hydrogens (tertiary/aromatic N) is 6. The van der Waals surface area contributed by atoms with Gasteiger partial charge < -0.3 is 14.2 Å². The highest BCUT2D eigenvalue weighted by atomic mass is 35.5. The van der Waals surface area contributed by atoms with Crippen molar-refractivity contribution in [2.24, 2.45) is 14.1 Å². The van der Waals surface area contributed by atoms with Crippen LogP contribution in [0.1, 0.15) is 18.2 Å². The topological polar surface area (TPSA) is 78.1 Å². The number of benzene rings is 1. The van der Waals surface area contributed by atoms with Crippen LogP contribution in [0, 0.1) is 0 Å². The van der Waals surface area contributed by atoms with E-state index in [-0.39, 0.29) is 12.5 Å². The Bertz CT molecular complexity index is 1060. The Morgan fingerprint density at radius 3 is 2.73 bits per heavy atom. The molecular weight excluding hydrogens is 424 g/mol. The number of carbonyl (C=O) groups excluding carboxylic acids is 1. The third kappa shape index (κ3) is 4.04. The van der Waals surface area contributed by atoms with E-state index >= 15 is 0 Å². The second kappa shape index (κ2) is 8.69. The molecule has 1 amide bonds. The number of thioether (sulfide) groups is 1. The fourth-order valence-electron chi connectivity index (χ4n) is 3.53. The van der Waals surface area contributed by atoms with Crippen molar-refractivity contribution in [3.8, 4) is 17.3 Å². The zero-order valence-electron chi connectivity index (χ0n) is 17.1. The van der Waals surface area contributed by atoms with E-state index in [0.29, 0.717) is 23.9 Å². The Morgan fingerprint density at radius 2 is 2.00 bits per heavy atom. The van der Waals surface area contributed by atoms with E-state index in [1.165, 1.54) is 0 Å². The van der Waals surface area contributed by atoms with Crippen molar-refractivity contribution in [3.63, 3.8) is 0 Å². The lowest BCUT2D eigenvalue weighted by Gasteiger charge is -2.27. The summed E-state index contributed by atoms with van der Waals surface area (Å²) in [7, 11) is 3.88. The molecule has 1 aromatic carbocycles. The molecule has 8 nitrogen and oxygen atoms in total. The number of hydrogen-bond donors (Lipinski definition) is 0. The summed E-state index contributed by atoms with van der Waals surface area (Å²) in [5, 5.41) is 14.8. The van der Waals surface area contributed by atoms with Gasteiger partial charge in [0.15, 0.2) is 17.6 Å². The second-order valence-corrected chi connectivity index (χ2v) is 8.67. The van der Waals surface area contributed by atoms with Crippen LogP contribution in [-0.2, 0) is 31.9 Å². The van der Waals surface area contributed by atoms with Crippen LogP contribution in [0.15, 0.2) is 29.4 Å². The van der Waals surface area contributed by atoms with Crippen LogP contribution in [0.25, 0.3) is 11.5 Å². The predicted molar refractivity (Wildman–Crippen MR) is 116 cm³/mol. The summed E-state index contributed by atoms with van der Waals surface area (Å²) in [5.74, 6) is 2.19. The predicted octanol–water partition coefficient (Wildman–Crippen LogP) is 2.94. The molecule has 1 aliphatic rings. The SMILES string of the molecule is CCSc1nnc(-c2nn(C)c3c2CN(C(=O)COc2ccc(Cl)cc2)CC3)n1C. The van der Waals surface area contributed by atoms with Gasteiger partial charge in [-0.1, -0.05) is 30.3 Å². The van der Waals surface area contributed by atoms with Crippen LogP contribution in [0.5, 0.6) is 5.75 Å². The summed E-state index contributed by atoms with van der Waals surface area (Å²) < 4.78 is 9.48. The minimum Gasteiger partial charge on any atom is -0.484 e. The molecule has 0 N–H and O–H groups in total. The summed E-state index contributed by atoms with van der Waals surface area (Å²) in [6.45, 7) is 3.17. The van der Waals surface area contributed by atoms with Crippen LogP contribution in [0.2, 0.25) is 5.02 Å². The van der Waals surface area contributed by atoms with Gasteiger partial charge in [-0.2, -0.15) is 5.10 Å². The Hall–Kier alpha value is -2.52. The first-order valence-electron chi connectivity index (χ1n) is 9.71. The van der Waals surface area contributed by atoms with Gasteiger partial charge in [0.25, 0.3) is 5.91 Å². The molecule has 0 bridgehead atoms. The molecule has 2 aromatic heterocycles. The van der Waals surface area contributed by atoms with Gasteiger partial charge in [0, 0.05) is 49.9 Å². The molecule has 30 heavy (non-hydrogen) atoms. The molecule has 0 spiro atoms. The number of rotatable bonds is 6. The van der Waals surface area contributed by atoms with Gasteiger partial charge in [0.2, 0.25) is 0 Å². The first-order valence-corrected chi connectivity index (χ1v) is 11.1. The minimum absolute atomic E-state index is 0.0200. The lowest BCUT2D eigenvalue weighted by atomic mass is 10.0. The van der Waals surface area contributed by atoms with Crippen LogP contribution in [-0.4, -0.2) is 54.3 Å². The second-order valence-electron chi connectivity index (χ2n) is 7.00. The first kappa shape index (κ1) is 20.7. The standard InChI is InChI=1S/C20H23ClN6O2S/c1-4-30-20-23-22-19(25(20)2)18-15-11-27(10-9-16(15)26(3)24-18)17(28)12-29-14-7-5-13(21)6-8-14/h5-8H,4,9-12H2,1-3H3. The van der Waals surface area contributed by atoms with Crippen LogP contribution < -0.4 is 4.74 Å².